The maximum Gasteiger partial charge on any atom is 0.259 e. The van der Waals surface area contributed by atoms with Crippen molar-refractivity contribution in [1.82, 2.24) is 0 Å². The molecule has 0 radical (unpaired) electrons. The van der Waals surface area contributed by atoms with Crippen molar-refractivity contribution in [3.8, 4) is 17.2 Å². The maximum atomic E-state index is 12.9. The molecule has 1 amide bonds. The molecule has 0 bridgehead atoms. The number of ether oxygens (including phenoxy) is 3. The summed E-state index contributed by atoms with van der Waals surface area (Å²) in [7, 11) is 1.55. The predicted octanol–water partition coefficient (Wildman–Crippen LogP) is 4.63. The van der Waals surface area contributed by atoms with Crippen LogP contribution in [-0.2, 0) is 0 Å². The zero-order valence-electron chi connectivity index (χ0n) is 14.0. The van der Waals surface area contributed by atoms with Crippen molar-refractivity contribution >= 4 is 38.3 Å². The summed E-state index contributed by atoms with van der Waals surface area (Å²) in [6.07, 6.45) is 0. The fourth-order valence-corrected chi connectivity index (χ4v) is 3.71. The number of amides is 1. The summed E-state index contributed by atoms with van der Waals surface area (Å²) in [6.45, 7) is 1.02. The van der Waals surface area contributed by atoms with Crippen molar-refractivity contribution in [2.45, 2.75) is 0 Å². The predicted molar refractivity (Wildman–Crippen MR) is 104 cm³/mol. The maximum absolute atomic E-state index is 12.9. The van der Waals surface area contributed by atoms with Gasteiger partial charge in [0.15, 0.2) is 11.5 Å². The van der Waals surface area contributed by atoms with Crippen LogP contribution in [0.1, 0.15) is 10.4 Å². The van der Waals surface area contributed by atoms with Crippen LogP contribution in [0.25, 0.3) is 10.8 Å². The zero-order chi connectivity index (χ0) is 18.1. The number of methoxy groups -OCH3 is 1. The molecule has 0 saturated heterocycles. The molecule has 0 fully saturated rings. The lowest BCUT2D eigenvalue weighted by Gasteiger charge is -2.19. The number of hydrogen-bond acceptors (Lipinski definition) is 4. The van der Waals surface area contributed by atoms with Crippen LogP contribution in [-0.4, -0.2) is 26.2 Å². The molecule has 1 heterocycles. The van der Waals surface area contributed by atoms with Gasteiger partial charge in [-0.05, 0) is 44.9 Å². The van der Waals surface area contributed by atoms with Crippen LogP contribution in [0.15, 0.2) is 53.0 Å². The van der Waals surface area contributed by atoms with Crippen LogP contribution in [0.5, 0.6) is 17.2 Å². The minimum atomic E-state index is -0.259. The number of anilines is 1. The Morgan fingerprint density at radius 1 is 1.08 bits per heavy atom. The molecule has 4 rings (SSSR count). The van der Waals surface area contributed by atoms with Gasteiger partial charge in [-0.15, -0.1) is 0 Å². The van der Waals surface area contributed by atoms with E-state index in [1.54, 1.807) is 25.3 Å². The van der Waals surface area contributed by atoms with Crippen LogP contribution in [0.2, 0.25) is 0 Å². The molecule has 0 atom stereocenters. The highest BCUT2D eigenvalue weighted by Crippen LogP contribution is 2.37. The third kappa shape index (κ3) is 2.97. The van der Waals surface area contributed by atoms with E-state index in [4.69, 9.17) is 14.2 Å². The Balaban J connectivity index is 1.70. The number of hydrogen-bond donors (Lipinski definition) is 1. The molecule has 0 spiro atoms. The van der Waals surface area contributed by atoms with E-state index in [1.165, 1.54) is 0 Å². The standard InChI is InChI=1S/C20H16BrNO4/c1-24-19-15(10-12-4-2-3-5-14(12)18(19)21)20(23)22-13-6-7-16-17(11-13)26-9-8-25-16/h2-7,10-11H,8-9H2,1H3,(H,22,23). The highest BCUT2D eigenvalue weighted by Gasteiger charge is 2.19. The van der Waals surface area contributed by atoms with E-state index in [2.05, 4.69) is 21.2 Å². The van der Waals surface area contributed by atoms with Gasteiger partial charge in [0, 0.05) is 11.8 Å². The summed E-state index contributed by atoms with van der Waals surface area (Å²) in [5.41, 5.74) is 1.08. The topological polar surface area (TPSA) is 56.8 Å². The summed E-state index contributed by atoms with van der Waals surface area (Å²) >= 11 is 3.55. The molecule has 6 heteroatoms. The average Bonchev–Trinajstić information content (AvgIpc) is 2.68. The molecule has 5 nitrogen and oxygen atoms in total. The number of nitrogens with one attached hydrogen (secondary N) is 1. The van der Waals surface area contributed by atoms with Gasteiger partial charge in [0.1, 0.15) is 19.0 Å². The molecule has 26 heavy (non-hydrogen) atoms. The normalized spacial score (nSPS) is 12.7. The van der Waals surface area contributed by atoms with Crippen molar-refractivity contribution in [3.05, 3.63) is 58.6 Å². The van der Waals surface area contributed by atoms with Crippen LogP contribution < -0.4 is 19.5 Å². The fourth-order valence-electron chi connectivity index (χ4n) is 2.97. The quantitative estimate of drug-likeness (QED) is 0.679. The average molecular weight is 414 g/mol. The highest BCUT2D eigenvalue weighted by atomic mass is 79.9. The number of fused-ring (bicyclic) bond motifs is 2. The first-order valence-corrected chi connectivity index (χ1v) is 8.93. The third-order valence-electron chi connectivity index (χ3n) is 4.19. The summed E-state index contributed by atoms with van der Waals surface area (Å²) in [5, 5.41) is 4.84. The lowest BCUT2D eigenvalue weighted by atomic mass is 10.0. The molecule has 0 saturated carbocycles. The lowest BCUT2D eigenvalue weighted by molar-refractivity contribution is 0.102. The molecule has 1 aliphatic heterocycles. The van der Waals surface area contributed by atoms with Gasteiger partial charge in [-0.25, -0.2) is 0 Å². The molecule has 132 valence electrons. The van der Waals surface area contributed by atoms with E-state index < -0.39 is 0 Å². The first-order valence-electron chi connectivity index (χ1n) is 8.13. The lowest BCUT2D eigenvalue weighted by Crippen LogP contribution is -2.17. The molecule has 1 aliphatic rings. The largest absolute Gasteiger partial charge is 0.495 e. The fraction of sp³-hybridized carbons (Fsp3) is 0.150. The van der Waals surface area contributed by atoms with Gasteiger partial charge in [-0.1, -0.05) is 24.3 Å². The van der Waals surface area contributed by atoms with Crippen LogP contribution in [0, 0.1) is 0 Å². The van der Waals surface area contributed by atoms with Crippen LogP contribution in [0.4, 0.5) is 5.69 Å². The summed E-state index contributed by atoms with van der Waals surface area (Å²) < 4.78 is 17.3. The molecule has 3 aromatic rings. The molecule has 1 N–H and O–H groups in total. The Hall–Kier alpha value is -2.73. The van der Waals surface area contributed by atoms with Gasteiger partial charge in [-0.2, -0.15) is 0 Å². The highest BCUT2D eigenvalue weighted by molar-refractivity contribution is 9.10. The summed E-state index contributed by atoms with van der Waals surface area (Å²) in [5.74, 6) is 1.55. The van der Waals surface area contributed by atoms with Gasteiger partial charge >= 0.3 is 0 Å². The van der Waals surface area contributed by atoms with Crippen molar-refractivity contribution in [2.24, 2.45) is 0 Å². The smallest absolute Gasteiger partial charge is 0.259 e. The minimum Gasteiger partial charge on any atom is -0.495 e. The molecule has 0 aromatic heterocycles. The van der Waals surface area contributed by atoms with E-state index in [1.807, 2.05) is 30.3 Å². The summed E-state index contributed by atoms with van der Waals surface area (Å²) in [6, 6.07) is 15.0. The second kappa shape index (κ2) is 6.88. The number of carbonyl (C=O) groups excluding carboxylic acids is 1. The number of rotatable bonds is 3. The number of carbonyl (C=O) groups is 1. The Bertz CT molecular complexity index is 1000. The van der Waals surface area contributed by atoms with E-state index in [9.17, 15) is 4.79 Å². The van der Waals surface area contributed by atoms with E-state index in [0.29, 0.717) is 41.7 Å². The molecular weight excluding hydrogens is 398 g/mol. The van der Waals surface area contributed by atoms with Crippen molar-refractivity contribution < 1.29 is 19.0 Å². The number of halogens is 1. The van der Waals surface area contributed by atoms with Crippen molar-refractivity contribution in [3.63, 3.8) is 0 Å². The van der Waals surface area contributed by atoms with Crippen LogP contribution in [0.3, 0.4) is 0 Å². The molecular formula is C20H16BrNO4. The van der Waals surface area contributed by atoms with Gasteiger partial charge < -0.3 is 19.5 Å². The van der Waals surface area contributed by atoms with Gasteiger partial charge in [0.2, 0.25) is 0 Å². The minimum absolute atomic E-state index is 0.259. The SMILES string of the molecule is COc1c(C(=O)Nc2ccc3c(c2)OCCO3)cc2ccccc2c1Br. The second-order valence-corrected chi connectivity index (χ2v) is 6.60. The third-order valence-corrected chi connectivity index (χ3v) is 4.98. The first kappa shape index (κ1) is 16.7. The van der Waals surface area contributed by atoms with Crippen LogP contribution >= 0.6 is 15.9 Å². The Morgan fingerprint density at radius 3 is 2.65 bits per heavy atom. The van der Waals surface area contributed by atoms with E-state index >= 15 is 0 Å². The summed E-state index contributed by atoms with van der Waals surface area (Å²) in [4.78, 5) is 12.9. The molecule has 0 aliphatic carbocycles. The monoisotopic (exact) mass is 413 g/mol. The molecule has 3 aromatic carbocycles. The number of benzene rings is 3. The van der Waals surface area contributed by atoms with Gasteiger partial charge in [0.05, 0.1) is 17.1 Å². The molecule has 0 unspecified atom stereocenters. The Labute approximate surface area is 159 Å². The van der Waals surface area contributed by atoms with Crippen molar-refractivity contribution in [1.29, 1.82) is 0 Å². The first-order chi connectivity index (χ1) is 12.7. The van der Waals surface area contributed by atoms with Gasteiger partial charge in [-0.3, -0.25) is 4.79 Å². The Kier molecular flexibility index (Phi) is 4.42. The van der Waals surface area contributed by atoms with E-state index in [-0.39, 0.29) is 5.91 Å². The van der Waals surface area contributed by atoms with Crippen molar-refractivity contribution in [2.75, 3.05) is 25.6 Å². The van der Waals surface area contributed by atoms with E-state index in [0.717, 1.165) is 15.2 Å². The van der Waals surface area contributed by atoms with Gasteiger partial charge in [0.25, 0.3) is 5.91 Å². The Morgan fingerprint density at radius 2 is 1.85 bits per heavy atom. The second-order valence-electron chi connectivity index (χ2n) is 5.81. The zero-order valence-corrected chi connectivity index (χ0v) is 15.6.